The summed E-state index contributed by atoms with van der Waals surface area (Å²) in [6.45, 7) is 11.9. The SMILES string of the molecule is CC(C)N1c2cc(Cl)c(CN)cc2[C@@H](C)CC1(C)C. The zero-order valence-electron chi connectivity index (χ0n) is 12.6. The normalized spacial score (nSPS) is 21.7. The molecular formula is C16H25ClN2. The van der Waals surface area contributed by atoms with Crippen molar-refractivity contribution in [2.24, 2.45) is 5.73 Å². The third-order valence-electron chi connectivity index (χ3n) is 4.18. The molecule has 1 aromatic carbocycles. The second-order valence-electron chi connectivity index (χ2n) is 6.59. The molecule has 1 aliphatic rings. The van der Waals surface area contributed by atoms with Gasteiger partial charge < -0.3 is 10.6 Å². The van der Waals surface area contributed by atoms with Gasteiger partial charge in [-0.15, -0.1) is 0 Å². The molecule has 106 valence electrons. The first-order valence-electron chi connectivity index (χ1n) is 7.09. The first-order chi connectivity index (χ1) is 8.77. The van der Waals surface area contributed by atoms with E-state index in [2.05, 4.69) is 51.7 Å². The second-order valence-corrected chi connectivity index (χ2v) is 7.00. The minimum atomic E-state index is 0.161. The summed E-state index contributed by atoms with van der Waals surface area (Å²) in [7, 11) is 0. The molecule has 19 heavy (non-hydrogen) atoms. The zero-order valence-corrected chi connectivity index (χ0v) is 13.4. The van der Waals surface area contributed by atoms with Gasteiger partial charge in [-0.25, -0.2) is 0 Å². The van der Waals surface area contributed by atoms with E-state index in [0.717, 1.165) is 17.0 Å². The van der Waals surface area contributed by atoms with Crippen LogP contribution in [-0.2, 0) is 6.54 Å². The Morgan fingerprint density at radius 1 is 1.42 bits per heavy atom. The molecule has 0 aromatic heterocycles. The molecule has 1 aliphatic heterocycles. The van der Waals surface area contributed by atoms with Crippen LogP contribution in [0.5, 0.6) is 0 Å². The molecule has 1 aromatic rings. The van der Waals surface area contributed by atoms with Gasteiger partial charge in [-0.3, -0.25) is 0 Å². The number of fused-ring (bicyclic) bond motifs is 1. The number of hydrogen-bond donors (Lipinski definition) is 1. The van der Waals surface area contributed by atoms with Gasteiger partial charge in [-0.1, -0.05) is 24.6 Å². The summed E-state index contributed by atoms with van der Waals surface area (Å²) in [5.74, 6) is 0.544. The molecule has 0 aliphatic carbocycles. The van der Waals surface area contributed by atoms with E-state index < -0.39 is 0 Å². The number of benzene rings is 1. The second kappa shape index (κ2) is 4.99. The van der Waals surface area contributed by atoms with Crippen LogP contribution in [0.3, 0.4) is 0 Å². The molecule has 0 radical (unpaired) electrons. The predicted molar refractivity (Wildman–Crippen MR) is 84.1 cm³/mol. The van der Waals surface area contributed by atoms with E-state index in [4.69, 9.17) is 17.3 Å². The maximum absolute atomic E-state index is 6.37. The third-order valence-corrected chi connectivity index (χ3v) is 4.53. The monoisotopic (exact) mass is 280 g/mol. The van der Waals surface area contributed by atoms with Crippen molar-refractivity contribution in [1.82, 2.24) is 0 Å². The number of anilines is 1. The summed E-state index contributed by atoms with van der Waals surface area (Å²) >= 11 is 6.37. The highest BCUT2D eigenvalue weighted by atomic mass is 35.5. The number of rotatable bonds is 2. The Labute approximate surface area is 121 Å². The van der Waals surface area contributed by atoms with Gasteiger partial charge in [0, 0.05) is 28.8 Å². The molecule has 2 rings (SSSR count). The van der Waals surface area contributed by atoms with Crippen LogP contribution in [0.1, 0.15) is 58.1 Å². The van der Waals surface area contributed by atoms with Gasteiger partial charge >= 0.3 is 0 Å². The first-order valence-corrected chi connectivity index (χ1v) is 7.47. The maximum atomic E-state index is 6.37. The molecule has 0 bridgehead atoms. The molecule has 0 unspecified atom stereocenters. The Morgan fingerprint density at radius 2 is 2.05 bits per heavy atom. The molecule has 2 N–H and O–H groups in total. The largest absolute Gasteiger partial charge is 0.364 e. The predicted octanol–water partition coefficient (Wildman–Crippen LogP) is 4.30. The van der Waals surface area contributed by atoms with Crippen molar-refractivity contribution in [2.75, 3.05) is 4.90 Å². The van der Waals surface area contributed by atoms with E-state index in [1.807, 2.05) is 0 Å². The lowest BCUT2D eigenvalue weighted by Crippen LogP contribution is -2.51. The van der Waals surface area contributed by atoms with Gasteiger partial charge in [-0.05, 0) is 57.2 Å². The number of nitrogens with two attached hydrogens (primary N) is 1. The van der Waals surface area contributed by atoms with Crippen molar-refractivity contribution >= 4 is 17.3 Å². The van der Waals surface area contributed by atoms with Gasteiger partial charge in [0.15, 0.2) is 0 Å². The highest BCUT2D eigenvalue weighted by Gasteiger charge is 2.37. The summed E-state index contributed by atoms with van der Waals surface area (Å²) in [6.07, 6.45) is 1.16. The highest BCUT2D eigenvalue weighted by Crippen LogP contribution is 2.46. The summed E-state index contributed by atoms with van der Waals surface area (Å²) in [4.78, 5) is 2.49. The number of hydrogen-bond acceptors (Lipinski definition) is 2. The fourth-order valence-corrected chi connectivity index (χ4v) is 3.88. The summed E-state index contributed by atoms with van der Waals surface area (Å²) in [5.41, 5.74) is 9.66. The lowest BCUT2D eigenvalue weighted by atomic mass is 9.79. The lowest BCUT2D eigenvalue weighted by molar-refractivity contribution is 0.356. The van der Waals surface area contributed by atoms with Crippen LogP contribution >= 0.6 is 11.6 Å². The summed E-state index contributed by atoms with van der Waals surface area (Å²) < 4.78 is 0. The first kappa shape index (κ1) is 14.7. The standard InChI is InChI=1S/C16H25ClN2/c1-10(2)19-15-7-14(17)12(9-18)6-13(15)11(3)8-16(19,4)5/h6-7,10-11H,8-9,18H2,1-5H3/t11-/m0/s1. The van der Waals surface area contributed by atoms with Crippen LogP contribution in [0, 0.1) is 0 Å². The fraction of sp³-hybridized carbons (Fsp3) is 0.625. The molecule has 1 heterocycles. The Balaban J connectivity index is 2.62. The Morgan fingerprint density at radius 3 is 2.58 bits per heavy atom. The van der Waals surface area contributed by atoms with E-state index >= 15 is 0 Å². The average molecular weight is 281 g/mol. The van der Waals surface area contributed by atoms with Crippen molar-refractivity contribution in [1.29, 1.82) is 0 Å². The van der Waals surface area contributed by atoms with Crippen LogP contribution in [0.25, 0.3) is 0 Å². The highest BCUT2D eigenvalue weighted by molar-refractivity contribution is 6.31. The third kappa shape index (κ3) is 2.48. The van der Waals surface area contributed by atoms with Gasteiger partial charge in [0.2, 0.25) is 0 Å². The Bertz CT molecular complexity index is 480. The molecule has 0 amide bonds. The van der Waals surface area contributed by atoms with Crippen LogP contribution in [0.2, 0.25) is 5.02 Å². The van der Waals surface area contributed by atoms with Crippen molar-refractivity contribution in [3.63, 3.8) is 0 Å². The smallest absolute Gasteiger partial charge is 0.0471 e. The molecule has 2 nitrogen and oxygen atoms in total. The Kier molecular flexibility index (Phi) is 3.85. The molecular weight excluding hydrogens is 256 g/mol. The lowest BCUT2D eigenvalue weighted by Gasteiger charge is -2.50. The number of halogens is 1. The molecule has 0 saturated heterocycles. The number of nitrogens with zero attached hydrogens (tertiary/aromatic N) is 1. The van der Waals surface area contributed by atoms with Crippen LogP contribution in [0.4, 0.5) is 5.69 Å². The molecule has 3 heteroatoms. The Hall–Kier alpha value is -0.730. The van der Waals surface area contributed by atoms with Crippen LogP contribution in [-0.4, -0.2) is 11.6 Å². The van der Waals surface area contributed by atoms with Gasteiger partial charge in [0.05, 0.1) is 0 Å². The van der Waals surface area contributed by atoms with E-state index in [0.29, 0.717) is 18.5 Å². The molecule has 0 spiro atoms. The average Bonchev–Trinajstić information content (AvgIpc) is 2.26. The summed E-state index contributed by atoms with van der Waals surface area (Å²) in [6, 6.07) is 4.77. The molecule has 0 fully saturated rings. The van der Waals surface area contributed by atoms with Gasteiger partial charge in [0.25, 0.3) is 0 Å². The van der Waals surface area contributed by atoms with Crippen LogP contribution < -0.4 is 10.6 Å². The molecule has 1 atom stereocenters. The van der Waals surface area contributed by atoms with Crippen molar-refractivity contribution in [3.8, 4) is 0 Å². The van der Waals surface area contributed by atoms with Crippen molar-refractivity contribution in [3.05, 3.63) is 28.3 Å². The van der Waals surface area contributed by atoms with Crippen molar-refractivity contribution in [2.45, 2.75) is 65.1 Å². The van der Waals surface area contributed by atoms with Gasteiger partial charge in [-0.2, -0.15) is 0 Å². The minimum Gasteiger partial charge on any atom is -0.364 e. The zero-order chi connectivity index (χ0) is 14.4. The molecule has 0 saturated carbocycles. The van der Waals surface area contributed by atoms with Crippen LogP contribution in [0.15, 0.2) is 12.1 Å². The van der Waals surface area contributed by atoms with Gasteiger partial charge in [0.1, 0.15) is 0 Å². The topological polar surface area (TPSA) is 29.3 Å². The quantitative estimate of drug-likeness (QED) is 0.875. The summed E-state index contributed by atoms with van der Waals surface area (Å²) in [5, 5.41) is 0.789. The van der Waals surface area contributed by atoms with E-state index in [9.17, 15) is 0 Å². The minimum absolute atomic E-state index is 0.161. The van der Waals surface area contributed by atoms with Crippen molar-refractivity contribution < 1.29 is 0 Å². The van der Waals surface area contributed by atoms with E-state index in [1.54, 1.807) is 0 Å². The van der Waals surface area contributed by atoms with E-state index in [-0.39, 0.29) is 5.54 Å². The van der Waals surface area contributed by atoms with E-state index in [1.165, 1.54) is 11.3 Å². The fourth-order valence-electron chi connectivity index (χ4n) is 3.65. The maximum Gasteiger partial charge on any atom is 0.0471 e.